The van der Waals surface area contributed by atoms with E-state index in [4.69, 9.17) is 0 Å². The molecule has 0 saturated heterocycles. The van der Waals surface area contributed by atoms with Crippen molar-refractivity contribution < 1.29 is 13.6 Å². The summed E-state index contributed by atoms with van der Waals surface area (Å²) in [5.41, 5.74) is -0.102. The van der Waals surface area contributed by atoms with Crippen LogP contribution in [0.1, 0.15) is 29.6 Å². The van der Waals surface area contributed by atoms with Crippen LogP contribution in [0.5, 0.6) is 0 Å². The van der Waals surface area contributed by atoms with E-state index in [-0.39, 0.29) is 17.3 Å². The van der Waals surface area contributed by atoms with Gasteiger partial charge in [-0.05, 0) is 25.0 Å². The number of carbonyl (C=O) groups excluding carboxylic acids is 1. The minimum Gasteiger partial charge on any atom is -0.294 e. The average Bonchev–Trinajstić information content (AvgIpc) is 2.06. The summed E-state index contributed by atoms with van der Waals surface area (Å²) >= 11 is 0. The van der Waals surface area contributed by atoms with Crippen molar-refractivity contribution in [3.63, 3.8) is 0 Å². The zero-order chi connectivity index (χ0) is 10.1. The van der Waals surface area contributed by atoms with Gasteiger partial charge in [0.25, 0.3) is 0 Å². The van der Waals surface area contributed by atoms with Crippen LogP contribution in [0, 0.1) is 17.6 Å². The molecule has 0 aliphatic heterocycles. The molecular weight excluding hydrogens is 186 g/mol. The summed E-state index contributed by atoms with van der Waals surface area (Å²) in [6.07, 6.45) is 2.61. The summed E-state index contributed by atoms with van der Waals surface area (Å²) in [7, 11) is 0. The molecule has 0 heterocycles. The van der Waals surface area contributed by atoms with E-state index in [9.17, 15) is 13.6 Å². The highest BCUT2D eigenvalue weighted by Crippen LogP contribution is 2.30. The second kappa shape index (κ2) is 3.48. The fourth-order valence-corrected chi connectivity index (χ4v) is 1.58. The van der Waals surface area contributed by atoms with Gasteiger partial charge in [0.1, 0.15) is 0 Å². The molecule has 0 spiro atoms. The van der Waals surface area contributed by atoms with E-state index in [2.05, 4.69) is 0 Å². The Kier molecular flexibility index (Phi) is 2.32. The first-order valence-corrected chi connectivity index (χ1v) is 4.68. The first-order valence-electron chi connectivity index (χ1n) is 4.68. The second-order valence-electron chi connectivity index (χ2n) is 3.59. The van der Waals surface area contributed by atoms with Crippen molar-refractivity contribution in [3.8, 4) is 0 Å². The summed E-state index contributed by atoms with van der Waals surface area (Å²) in [6, 6.07) is 3.73. The zero-order valence-corrected chi connectivity index (χ0v) is 7.59. The first-order chi connectivity index (χ1) is 6.70. The summed E-state index contributed by atoms with van der Waals surface area (Å²) < 4.78 is 26.0. The van der Waals surface area contributed by atoms with Crippen molar-refractivity contribution in [2.75, 3.05) is 0 Å². The third-order valence-corrected chi connectivity index (χ3v) is 2.69. The van der Waals surface area contributed by atoms with Crippen molar-refractivity contribution in [3.05, 3.63) is 35.4 Å². The molecule has 14 heavy (non-hydrogen) atoms. The van der Waals surface area contributed by atoms with Crippen LogP contribution in [-0.4, -0.2) is 5.78 Å². The van der Waals surface area contributed by atoms with E-state index < -0.39 is 11.6 Å². The van der Waals surface area contributed by atoms with Crippen molar-refractivity contribution in [2.45, 2.75) is 19.3 Å². The molecule has 1 aliphatic rings. The number of benzene rings is 1. The fourth-order valence-electron chi connectivity index (χ4n) is 1.58. The summed E-state index contributed by atoms with van der Waals surface area (Å²) in [5, 5.41) is 0. The maximum absolute atomic E-state index is 13.2. The predicted octanol–water partition coefficient (Wildman–Crippen LogP) is 2.95. The highest BCUT2D eigenvalue weighted by molar-refractivity contribution is 5.98. The number of Topliss-reactive ketones (excluding diaryl/α,β-unsaturated/α-hetero) is 1. The Morgan fingerprint density at radius 2 is 2.00 bits per heavy atom. The number of carbonyl (C=O) groups is 1. The quantitative estimate of drug-likeness (QED) is 0.664. The molecule has 2 rings (SSSR count). The fraction of sp³-hybridized carbons (Fsp3) is 0.364. The van der Waals surface area contributed by atoms with Crippen molar-refractivity contribution in [1.82, 2.24) is 0 Å². The lowest BCUT2D eigenvalue weighted by Crippen LogP contribution is -2.23. The van der Waals surface area contributed by atoms with Gasteiger partial charge < -0.3 is 0 Å². The predicted molar refractivity (Wildman–Crippen MR) is 48.0 cm³/mol. The lowest BCUT2D eigenvalue weighted by molar-refractivity contribution is 0.0850. The van der Waals surface area contributed by atoms with Gasteiger partial charge in [-0.15, -0.1) is 0 Å². The highest BCUT2D eigenvalue weighted by atomic mass is 19.2. The molecule has 0 bridgehead atoms. The Labute approximate surface area is 80.7 Å². The average molecular weight is 196 g/mol. The Balaban J connectivity index is 2.31. The number of hydrogen-bond donors (Lipinski definition) is 0. The zero-order valence-electron chi connectivity index (χ0n) is 7.59. The highest BCUT2D eigenvalue weighted by Gasteiger charge is 2.28. The minimum atomic E-state index is -1.01. The van der Waals surface area contributed by atoms with E-state index in [1.165, 1.54) is 12.1 Å². The Morgan fingerprint density at radius 1 is 1.29 bits per heavy atom. The summed E-state index contributed by atoms with van der Waals surface area (Å²) in [5.74, 6) is -2.31. The van der Waals surface area contributed by atoms with Crippen molar-refractivity contribution >= 4 is 5.78 Å². The maximum Gasteiger partial charge on any atom is 0.169 e. The Morgan fingerprint density at radius 3 is 2.57 bits per heavy atom. The smallest absolute Gasteiger partial charge is 0.169 e. The number of hydrogen-bond acceptors (Lipinski definition) is 1. The molecule has 1 saturated carbocycles. The van der Waals surface area contributed by atoms with E-state index in [1.54, 1.807) is 0 Å². The van der Waals surface area contributed by atoms with E-state index in [1.807, 2.05) is 0 Å². The van der Waals surface area contributed by atoms with E-state index >= 15 is 0 Å². The Bertz CT molecular complexity index is 370. The van der Waals surface area contributed by atoms with Crippen LogP contribution in [0.15, 0.2) is 18.2 Å². The molecule has 1 nitrogen and oxygen atoms in total. The second-order valence-corrected chi connectivity index (χ2v) is 3.59. The molecule has 1 aromatic rings. The van der Waals surface area contributed by atoms with E-state index in [0.29, 0.717) is 0 Å². The monoisotopic (exact) mass is 196 g/mol. The third kappa shape index (κ3) is 1.43. The molecule has 0 unspecified atom stereocenters. The maximum atomic E-state index is 13.2. The van der Waals surface area contributed by atoms with Crippen LogP contribution in [0.2, 0.25) is 0 Å². The van der Waals surface area contributed by atoms with Crippen molar-refractivity contribution in [2.24, 2.45) is 5.92 Å². The molecule has 1 aromatic carbocycles. The summed E-state index contributed by atoms with van der Waals surface area (Å²) in [4.78, 5) is 11.6. The third-order valence-electron chi connectivity index (χ3n) is 2.69. The lowest BCUT2D eigenvalue weighted by Gasteiger charge is -2.23. The van der Waals surface area contributed by atoms with Gasteiger partial charge in [-0.25, -0.2) is 8.78 Å². The molecule has 1 fully saturated rings. The van der Waals surface area contributed by atoms with Gasteiger partial charge in [0, 0.05) is 5.92 Å². The molecule has 1 aliphatic carbocycles. The van der Waals surface area contributed by atoms with Crippen LogP contribution in [0.3, 0.4) is 0 Å². The largest absolute Gasteiger partial charge is 0.294 e. The molecule has 0 amide bonds. The normalized spacial score (nSPS) is 16.4. The molecule has 0 atom stereocenters. The topological polar surface area (TPSA) is 17.1 Å². The Hall–Kier alpha value is -1.25. The number of rotatable bonds is 2. The van der Waals surface area contributed by atoms with Gasteiger partial charge in [-0.3, -0.25) is 4.79 Å². The van der Waals surface area contributed by atoms with Gasteiger partial charge in [0.05, 0.1) is 5.56 Å². The van der Waals surface area contributed by atoms with Crippen molar-refractivity contribution in [1.29, 1.82) is 0 Å². The number of halogens is 2. The standard InChI is InChI=1S/C11H10F2O/c12-9-6-2-5-8(10(9)13)11(14)7-3-1-4-7/h2,5-7H,1,3-4H2. The van der Waals surface area contributed by atoms with Gasteiger partial charge in [0.2, 0.25) is 0 Å². The first kappa shape index (κ1) is 9.31. The van der Waals surface area contributed by atoms with Crippen LogP contribution in [0.4, 0.5) is 8.78 Å². The molecule has 74 valence electrons. The molecule has 0 radical (unpaired) electrons. The van der Waals surface area contributed by atoms with Gasteiger partial charge in [0.15, 0.2) is 17.4 Å². The van der Waals surface area contributed by atoms with Crippen LogP contribution < -0.4 is 0 Å². The molecule has 0 N–H and O–H groups in total. The van der Waals surface area contributed by atoms with Crippen LogP contribution in [0.25, 0.3) is 0 Å². The lowest BCUT2D eigenvalue weighted by atomic mass is 9.80. The number of ketones is 1. The van der Waals surface area contributed by atoms with Gasteiger partial charge in [-0.2, -0.15) is 0 Å². The SMILES string of the molecule is O=C(c1cccc(F)c1F)C1CCC1. The van der Waals surface area contributed by atoms with E-state index in [0.717, 1.165) is 25.3 Å². The molecule has 0 aromatic heterocycles. The van der Waals surface area contributed by atoms with Gasteiger partial charge in [-0.1, -0.05) is 12.5 Å². The van der Waals surface area contributed by atoms with Crippen LogP contribution in [-0.2, 0) is 0 Å². The van der Waals surface area contributed by atoms with Crippen LogP contribution >= 0.6 is 0 Å². The molecular formula is C11H10F2O. The molecule has 3 heteroatoms. The summed E-state index contributed by atoms with van der Waals surface area (Å²) in [6.45, 7) is 0. The van der Waals surface area contributed by atoms with Gasteiger partial charge >= 0.3 is 0 Å². The minimum absolute atomic E-state index is 0.0914.